The minimum atomic E-state index is -1.04. The van der Waals surface area contributed by atoms with E-state index in [0.717, 1.165) is 10.0 Å². The molecular formula is C15H21BrN2O3. The highest BCUT2D eigenvalue weighted by molar-refractivity contribution is 9.10. The van der Waals surface area contributed by atoms with Gasteiger partial charge in [0.1, 0.15) is 6.04 Å². The maximum atomic E-state index is 12.2. The molecule has 1 rings (SSSR count). The van der Waals surface area contributed by atoms with Crippen molar-refractivity contribution in [3.8, 4) is 0 Å². The lowest BCUT2D eigenvalue weighted by Gasteiger charge is -2.30. The minimum Gasteiger partial charge on any atom is -0.480 e. The van der Waals surface area contributed by atoms with Crippen molar-refractivity contribution in [1.29, 1.82) is 0 Å². The molecule has 2 N–H and O–H groups in total. The molecule has 2 amide bonds. The third-order valence-corrected chi connectivity index (χ3v) is 3.87. The molecule has 0 unspecified atom stereocenters. The van der Waals surface area contributed by atoms with Crippen LogP contribution in [0, 0.1) is 5.41 Å². The predicted molar refractivity (Wildman–Crippen MR) is 85.0 cm³/mol. The van der Waals surface area contributed by atoms with Crippen molar-refractivity contribution >= 4 is 27.9 Å². The molecule has 0 saturated heterocycles. The van der Waals surface area contributed by atoms with E-state index in [-0.39, 0.29) is 0 Å². The topological polar surface area (TPSA) is 69.6 Å². The summed E-state index contributed by atoms with van der Waals surface area (Å²) < 4.78 is 0.912. The number of nitrogens with one attached hydrogen (secondary N) is 1. The first-order chi connectivity index (χ1) is 9.62. The molecule has 1 atom stereocenters. The molecule has 0 aliphatic heterocycles. The summed E-state index contributed by atoms with van der Waals surface area (Å²) in [5.74, 6) is -1.04. The first kappa shape index (κ1) is 17.5. The lowest BCUT2D eigenvalue weighted by Crippen LogP contribution is -2.52. The van der Waals surface area contributed by atoms with Crippen molar-refractivity contribution in [1.82, 2.24) is 10.2 Å². The summed E-state index contributed by atoms with van der Waals surface area (Å²) in [6.45, 7) is 5.73. The number of carboxylic acid groups (broad SMARTS) is 1. The van der Waals surface area contributed by atoms with Crippen molar-refractivity contribution in [2.24, 2.45) is 5.41 Å². The third kappa shape index (κ3) is 5.04. The number of carboxylic acids is 1. The predicted octanol–water partition coefficient (Wildman–Crippen LogP) is 3.09. The standard InChI is InChI=1S/C15H21BrN2O3/c1-15(2,3)12(13(19)20)17-14(21)18(4)9-10-7-5-6-8-11(10)16/h5-8,12H,9H2,1-4H3,(H,17,21)(H,19,20)/t12-/m1/s1. The van der Waals surface area contributed by atoms with E-state index in [4.69, 9.17) is 0 Å². The number of aliphatic carboxylic acids is 1. The van der Waals surface area contributed by atoms with Crippen LogP contribution in [0.25, 0.3) is 0 Å². The fourth-order valence-corrected chi connectivity index (χ4v) is 2.25. The third-order valence-electron chi connectivity index (χ3n) is 3.09. The molecule has 0 bridgehead atoms. The highest BCUT2D eigenvalue weighted by atomic mass is 79.9. The summed E-state index contributed by atoms with van der Waals surface area (Å²) >= 11 is 3.43. The van der Waals surface area contributed by atoms with Gasteiger partial charge in [0.15, 0.2) is 0 Å². The zero-order valence-electron chi connectivity index (χ0n) is 12.7. The van der Waals surface area contributed by atoms with E-state index in [1.54, 1.807) is 27.8 Å². The van der Waals surface area contributed by atoms with Gasteiger partial charge in [-0.1, -0.05) is 54.9 Å². The van der Waals surface area contributed by atoms with Crippen molar-refractivity contribution in [3.05, 3.63) is 34.3 Å². The Hall–Kier alpha value is -1.56. The smallest absolute Gasteiger partial charge is 0.326 e. The van der Waals surface area contributed by atoms with Gasteiger partial charge in [-0.25, -0.2) is 9.59 Å². The average Bonchev–Trinajstić information content (AvgIpc) is 2.36. The van der Waals surface area contributed by atoms with Crippen LogP contribution < -0.4 is 5.32 Å². The van der Waals surface area contributed by atoms with Crippen molar-refractivity contribution < 1.29 is 14.7 Å². The van der Waals surface area contributed by atoms with Gasteiger partial charge in [-0.2, -0.15) is 0 Å². The second kappa shape index (κ2) is 6.93. The summed E-state index contributed by atoms with van der Waals surface area (Å²) in [6, 6.07) is 6.25. The molecule has 0 aromatic heterocycles. The number of benzene rings is 1. The van der Waals surface area contributed by atoms with Crippen molar-refractivity contribution in [2.45, 2.75) is 33.4 Å². The Morgan fingerprint density at radius 2 is 1.90 bits per heavy atom. The molecule has 6 heteroatoms. The summed E-state index contributed by atoms with van der Waals surface area (Å²) in [6.07, 6.45) is 0. The van der Waals surface area contributed by atoms with E-state index in [9.17, 15) is 14.7 Å². The molecule has 0 saturated carbocycles. The molecule has 0 heterocycles. The van der Waals surface area contributed by atoms with Crippen LogP contribution in [-0.2, 0) is 11.3 Å². The van der Waals surface area contributed by atoms with E-state index in [1.165, 1.54) is 4.90 Å². The van der Waals surface area contributed by atoms with Gasteiger partial charge in [0.25, 0.3) is 0 Å². The van der Waals surface area contributed by atoms with E-state index in [1.807, 2.05) is 24.3 Å². The highest BCUT2D eigenvalue weighted by Crippen LogP contribution is 2.20. The van der Waals surface area contributed by atoms with Crippen LogP contribution in [0.15, 0.2) is 28.7 Å². The lowest BCUT2D eigenvalue weighted by atomic mass is 9.87. The van der Waals surface area contributed by atoms with Crippen LogP contribution >= 0.6 is 15.9 Å². The zero-order chi connectivity index (χ0) is 16.2. The van der Waals surface area contributed by atoms with E-state index in [0.29, 0.717) is 6.54 Å². The summed E-state index contributed by atoms with van der Waals surface area (Å²) in [7, 11) is 1.64. The molecular weight excluding hydrogens is 336 g/mol. The largest absolute Gasteiger partial charge is 0.480 e. The summed E-state index contributed by atoms with van der Waals surface area (Å²) in [4.78, 5) is 24.9. The molecule has 116 valence electrons. The average molecular weight is 357 g/mol. The number of halogens is 1. The van der Waals surface area contributed by atoms with Crippen LogP contribution in [0.3, 0.4) is 0 Å². The fourth-order valence-electron chi connectivity index (χ4n) is 1.84. The fraction of sp³-hybridized carbons (Fsp3) is 0.467. The molecule has 1 aromatic rings. The molecule has 0 spiro atoms. The second-order valence-electron chi connectivity index (χ2n) is 6.03. The number of hydrogen-bond donors (Lipinski definition) is 2. The first-order valence-electron chi connectivity index (χ1n) is 6.60. The number of amides is 2. The van der Waals surface area contributed by atoms with Gasteiger partial charge in [0.05, 0.1) is 0 Å². The minimum absolute atomic E-state index is 0.393. The van der Waals surface area contributed by atoms with Gasteiger partial charge in [0.2, 0.25) is 0 Å². The molecule has 0 radical (unpaired) electrons. The zero-order valence-corrected chi connectivity index (χ0v) is 14.3. The van der Waals surface area contributed by atoms with Crippen LogP contribution in [-0.4, -0.2) is 35.1 Å². The van der Waals surface area contributed by atoms with Gasteiger partial charge in [-0.15, -0.1) is 0 Å². The molecule has 0 aliphatic rings. The van der Waals surface area contributed by atoms with E-state index in [2.05, 4.69) is 21.2 Å². The second-order valence-corrected chi connectivity index (χ2v) is 6.89. The normalized spacial score (nSPS) is 12.6. The Labute approximate surface area is 133 Å². The van der Waals surface area contributed by atoms with E-state index < -0.39 is 23.5 Å². The van der Waals surface area contributed by atoms with Gasteiger partial charge >= 0.3 is 12.0 Å². The Morgan fingerprint density at radius 1 is 1.33 bits per heavy atom. The molecule has 5 nitrogen and oxygen atoms in total. The van der Waals surface area contributed by atoms with Crippen molar-refractivity contribution in [3.63, 3.8) is 0 Å². The highest BCUT2D eigenvalue weighted by Gasteiger charge is 2.33. The molecule has 0 aliphatic carbocycles. The maximum absolute atomic E-state index is 12.2. The van der Waals surface area contributed by atoms with Crippen molar-refractivity contribution in [2.75, 3.05) is 7.05 Å². The Morgan fingerprint density at radius 3 is 2.38 bits per heavy atom. The molecule has 0 fully saturated rings. The molecule has 1 aromatic carbocycles. The first-order valence-corrected chi connectivity index (χ1v) is 7.40. The lowest BCUT2D eigenvalue weighted by molar-refractivity contribution is -0.142. The Kier molecular flexibility index (Phi) is 5.78. The van der Waals surface area contributed by atoms with Crippen LogP contribution in [0.5, 0.6) is 0 Å². The summed E-state index contributed by atoms with van der Waals surface area (Å²) in [5.41, 5.74) is 0.396. The van der Waals surface area contributed by atoms with Crippen LogP contribution in [0.4, 0.5) is 4.79 Å². The number of rotatable bonds is 4. The Balaban J connectivity index is 2.75. The monoisotopic (exact) mass is 356 g/mol. The quantitative estimate of drug-likeness (QED) is 0.870. The van der Waals surface area contributed by atoms with Gasteiger partial charge in [-0.05, 0) is 17.0 Å². The number of nitrogens with zero attached hydrogens (tertiary/aromatic N) is 1. The molecule has 21 heavy (non-hydrogen) atoms. The van der Waals surface area contributed by atoms with Crippen LogP contribution in [0.1, 0.15) is 26.3 Å². The Bertz CT molecular complexity index is 526. The van der Waals surface area contributed by atoms with Gasteiger partial charge in [0, 0.05) is 18.1 Å². The number of carbonyl (C=O) groups excluding carboxylic acids is 1. The SMILES string of the molecule is CN(Cc1ccccc1Br)C(=O)N[C@H](C(=O)O)C(C)(C)C. The number of urea groups is 1. The number of carbonyl (C=O) groups is 2. The number of hydrogen-bond acceptors (Lipinski definition) is 2. The maximum Gasteiger partial charge on any atom is 0.326 e. The van der Waals surface area contributed by atoms with E-state index >= 15 is 0 Å². The van der Waals surface area contributed by atoms with Gasteiger partial charge in [-0.3, -0.25) is 0 Å². The van der Waals surface area contributed by atoms with Crippen LogP contribution in [0.2, 0.25) is 0 Å². The van der Waals surface area contributed by atoms with Gasteiger partial charge < -0.3 is 15.3 Å². The summed E-state index contributed by atoms with van der Waals surface area (Å²) in [5, 5.41) is 11.8.